The van der Waals surface area contributed by atoms with E-state index < -0.39 is 0 Å². The molecule has 1 nitrogen and oxygen atoms in total. The van der Waals surface area contributed by atoms with Crippen molar-refractivity contribution in [1.82, 2.24) is 5.32 Å². The molecule has 0 amide bonds. The third kappa shape index (κ3) is 3.87. The molecule has 0 aliphatic heterocycles. The lowest BCUT2D eigenvalue weighted by Crippen LogP contribution is -2.23. The highest BCUT2D eigenvalue weighted by Crippen LogP contribution is 2.34. The minimum absolute atomic E-state index is 0.0981. The van der Waals surface area contributed by atoms with Crippen LogP contribution in [0.3, 0.4) is 0 Å². The summed E-state index contributed by atoms with van der Waals surface area (Å²) < 4.78 is 0.801. The summed E-state index contributed by atoms with van der Waals surface area (Å²) in [5.41, 5.74) is 0.956. The summed E-state index contributed by atoms with van der Waals surface area (Å²) in [5.74, 6) is 0. The van der Waals surface area contributed by atoms with E-state index in [1.165, 1.54) is 4.88 Å². The smallest absolute Gasteiger partial charge is 0.0931 e. The van der Waals surface area contributed by atoms with Crippen molar-refractivity contribution >= 4 is 46.1 Å². The summed E-state index contributed by atoms with van der Waals surface area (Å²) in [4.78, 5) is 1.21. The number of rotatable bonds is 5. The number of hydrogen-bond donors (Lipinski definition) is 1. The Morgan fingerprint density at radius 2 is 1.79 bits per heavy atom. The van der Waals surface area contributed by atoms with Gasteiger partial charge in [0.25, 0.3) is 0 Å². The van der Waals surface area contributed by atoms with Crippen molar-refractivity contribution in [2.24, 2.45) is 0 Å². The molecule has 2 aromatic rings. The third-order valence-electron chi connectivity index (χ3n) is 2.83. The fourth-order valence-electron chi connectivity index (χ4n) is 2.03. The van der Waals surface area contributed by atoms with E-state index in [0.717, 1.165) is 22.9 Å². The second-order valence-electron chi connectivity index (χ2n) is 4.16. The Bertz CT molecular complexity index is 533. The van der Waals surface area contributed by atoms with Crippen molar-refractivity contribution < 1.29 is 0 Å². The number of thiophene rings is 1. The van der Waals surface area contributed by atoms with Crippen molar-refractivity contribution in [3.63, 3.8) is 0 Å². The molecule has 5 heteroatoms. The van der Waals surface area contributed by atoms with Crippen LogP contribution in [-0.2, 0) is 6.42 Å². The molecular formula is C14H14Cl3NS. The lowest BCUT2D eigenvalue weighted by molar-refractivity contribution is 0.553. The third-order valence-corrected chi connectivity index (χ3v) is 4.75. The molecule has 0 fully saturated rings. The largest absolute Gasteiger partial charge is 0.310 e. The summed E-state index contributed by atoms with van der Waals surface area (Å²) in [6.45, 7) is 2.92. The molecule has 1 unspecified atom stereocenters. The first-order valence-electron chi connectivity index (χ1n) is 6.03. The molecular weight excluding hydrogens is 321 g/mol. The zero-order chi connectivity index (χ0) is 13.8. The second kappa shape index (κ2) is 6.96. The summed E-state index contributed by atoms with van der Waals surface area (Å²) in [5, 5.41) is 4.82. The van der Waals surface area contributed by atoms with Crippen LogP contribution in [-0.4, -0.2) is 6.54 Å². The number of halogens is 3. The molecule has 19 heavy (non-hydrogen) atoms. The Morgan fingerprint density at radius 3 is 2.32 bits per heavy atom. The van der Waals surface area contributed by atoms with Gasteiger partial charge < -0.3 is 5.32 Å². The number of nitrogens with one attached hydrogen (secondary N) is 1. The minimum atomic E-state index is 0.0981. The van der Waals surface area contributed by atoms with Crippen molar-refractivity contribution in [3.05, 3.63) is 55.2 Å². The predicted molar refractivity (Wildman–Crippen MR) is 85.9 cm³/mol. The zero-order valence-electron chi connectivity index (χ0n) is 10.4. The Kier molecular flexibility index (Phi) is 5.55. The molecule has 0 saturated heterocycles. The van der Waals surface area contributed by atoms with E-state index in [1.54, 1.807) is 11.3 Å². The van der Waals surface area contributed by atoms with Gasteiger partial charge in [-0.3, -0.25) is 0 Å². The van der Waals surface area contributed by atoms with E-state index in [2.05, 4.69) is 12.2 Å². The van der Waals surface area contributed by atoms with Gasteiger partial charge in [0.05, 0.1) is 4.34 Å². The summed E-state index contributed by atoms with van der Waals surface area (Å²) in [6.07, 6.45) is 0.828. The van der Waals surface area contributed by atoms with Gasteiger partial charge >= 0.3 is 0 Å². The first-order valence-corrected chi connectivity index (χ1v) is 7.98. The van der Waals surface area contributed by atoms with Gasteiger partial charge in [0.15, 0.2) is 0 Å². The first-order chi connectivity index (χ1) is 9.11. The van der Waals surface area contributed by atoms with Gasteiger partial charge in [-0.05, 0) is 30.8 Å². The molecule has 1 aromatic carbocycles. The van der Waals surface area contributed by atoms with Crippen molar-refractivity contribution in [2.75, 3.05) is 6.54 Å². The average Bonchev–Trinajstić information content (AvgIpc) is 2.75. The van der Waals surface area contributed by atoms with E-state index in [4.69, 9.17) is 34.8 Å². The number of likely N-dealkylation sites (N-methyl/N-ethyl adjacent to an activating group) is 1. The van der Waals surface area contributed by atoms with Gasteiger partial charge in [-0.1, -0.05) is 47.8 Å². The van der Waals surface area contributed by atoms with Crippen LogP contribution in [0.15, 0.2) is 30.3 Å². The van der Waals surface area contributed by atoms with Gasteiger partial charge in [-0.15, -0.1) is 11.3 Å². The van der Waals surface area contributed by atoms with Crippen LogP contribution >= 0.6 is 46.1 Å². The molecule has 1 N–H and O–H groups in total. The lowest BCUT2D eigenvalue weighted by atomic mass is 10.0. The fraction of sp³-hybridized carbons (Fsp3) is 0.286. The van der Waals surface area contributed by atoms with Gasteiger partial charge in [0.2, 0.25) is 0 Å². The Labute approximate surface area is 132 Å². The molecule has 1 heterocycles. The van der Waals surface area contributed by atoms with Crippen LogP contribution < -0.4 is 5.32 Å². The molecule has 0 aliphatic rings. The van der Waals surface area contributed by atoms with Crippen LogP contribution in [0, 0.1) is 0 Å². The molecule has 1 aromatic heterocycles. The Balaban J connectivity index is 2.29. The maximum atomic E-state index is 6.28. The molecule has 102 valence electrons. The van der Waals surface area contributed by atoms with Gasteiger partial charge in [-0.25, -0.2) is 0 Å². The monoisotopic (exact) mass is 333 g/mol. The lowest BCUT2D eigenvalue weighted by Gasteiger charge is -2.20. The van der Waals surface area contributed by atoms with E-state index in [-0.39, 0.29) is 6.04 Å². The first kappa shape index (κ1) is 15.1. The van der Waals surface area contributed by atoms with Crippen LogP contribution in [0.5, 0.6) is 0 Å². The average molecular weight is 335 g/mol. The van der Waals surface area contributed by atoms with Crippen molar-refractivity contribution in [3.8, 4) is 0 Å². The topological polar surface area (TPSA) is 12.0 Å². The van der Waals surface area contributed by atoms with Crippen LogP contribution in [0.1, 0.15) is 23.4 Å². The molecule has 0 radical (unpaired) electrons. The SMILES string of the molecule is CCNC(Cc1ccc(Cl)s1)c1c(Cl)cccc1Cl. The summed E-state index contributed by atoms with van der Waals surface area (Å²) >= 11 is 20.1. The van der Waals surface area contributed by atoms with E-state index >= 15 is 0 Å². The molecule has 0 aliphatic carbocycles. The highest BCUT2D eigenvalue weighted by molar-refractivity contribution is 7.16. The van der Waals surface area contributed by atoms with Crippen LogP contribution in [0.2, 0.25) is 14.4 Å². The van der Waals surface area contributed by atoms with Crippen molar-refractivity contribution in [1.29, 1.82) is 0 Å². The maximum Gasteiger partial charge on any atom is 0.0931 e. The Morgan fingerprint density at radius 1 is 1.11 bits per heavy atom. The second-order valence-corrected chi connectivity index (χ2v) is 6.77. The Hall–Kier alpha value is -0.250. The van der Waals surface area contributed by atoms with E-state index in [9.17, 15) is 0 Å². The zero-order valence-corrected chi connectivity index (χ0v) is 13.5. The maximum absolute atomic E-state index is 6.28. The predicted octanol–water partition coefficient (Wildman–Crippen LogP) is 5.60. The molecule has 2 rings (SSSR count). The van der Waals surface area contributed by atoms with E-state index in [0.29, 0.717) is 10.0 Å². The fourth-order valence-corrected chi connectivity index (χ4v) is 3.82. The van der Waals surface area contributed by atoms with Gasteiger partial charge in [0, 0.05) is 32.9 Å². The highest BCUT2D eigenvalue weighted by Gasteiger charge is 2.18. The summed E-state index contributed by atoms with van der Waals surface area (Å²) in [6, 6.07) is 9.66. The highest BCUT2D eigenvalue weighted by atomic mass is 35.5. The minimum Gasteiger partial charge on any atom is -0.310 e. The van der Waals surface area contributed by atoms with Gasteiger partial charge in [-0.2, -0.15) is 0 Å². The number of hydrogen-bond acceptors (Lipinski definition) is 2. The number of benzene rings is 1. The quantitative estimate of drug-likeness (QED) is 0.750. The molecule has 1 atom stereocenters. The standard InChI is InChI=1S/C14H14Cl3NS/c1-2-18-12(8-9-6-7-13(17)19-9)14-10(15)4-3-5-11(14)16/h3-7,12,18H,2,8H2,1H3. The molecule has 0 spiro atoms. The van der Waals surface area contributed by atoms with Crippen LogP contribution in [0.25, 0.3) is 0 Å². The van der Waals surface area contributed by atoms with Crippen LogP contribution in [0.4, 0.5) is 0 Å². The molecule has 0 saturated carbocycles. The normalized spacial score (nSPS) is 12.6. The van der Waals surface area contributed by atoms with Crippen molar-refractivity contribution in [2.45, 2.75) is 19.4 Å². The summed E-state index contributed by atoms with van der Waals surface area (Å²) in [7, 11) is 0. The molecule has 0 bridgehead atoms. The van der Waals surface area contributed by atoms with E-state index in [1.807, 2.05) is 30.3 Å². The van der Waals surface area contributed by atoms with Gasteiger partial charge in [0.1, 0.15) is 0 Å².